The lowest BCUT2D eigenvalue weighted by molar-refractivity contribution is -0.140. The Balaban J connectivity index is 2.06. The number of benzene rings is 3. The minimum absolute atomic E-state index is 0.000234. The van der Waals surface area contributed by atoms with E-state index >= 15 is 0 Å². The third-order valence-corrected chi connectivity index (χ3v) is 8.79. The number of anilines is 1. The molecule has 3 rings (SSSR count). The summed E-state index contributed by atoms with van der Waals surface area (Å²) in [6.07, 6.45) is 0. The summed E-state index contributed by atoms with van der Waals surface area (Å²) in [5.41, 5.74) is 1.21. The predicted octanol–water partition coefficient (Wildman–Crippen LogP) is 6.48. The van der Waals surface area contributed by atoms with Gasteiger partial charge >= 0.3 is 0 Å². The fourth-order valence-corrected chi connectivity index (χ4v) is 5.67. The number of rotatable bonds is 9. The maximum atomic E-state index is 13.9. The van der Waals surface area contributed by atoms with Gasteiger partial charge in [0.25, 0.3) is 10.0 Å². The number of halogens is 3. The topological polar surface area (TPSA) is 86.8 Å². The molecule has 40 heavy (non-hydrogen) atoms. The minimum atomic E-state index is -4.22. The van der Waals surface area contributed by atoms with E-state index in [9.17, 15) is 18.0 Å². The highest BCUT2D eigenvalue weighted by molar-refractivity contribution is 7.92. The van der Waals surface area contributed by atoms with Gasteiger partial charge in [0.2, 0.25) is 11.8 Å². The number of carbonyl (C=O) groups is 2. The van der Waals surface area contributed by atoms with Gasteiger partial charge in [0, 0.05) is 17.1 Å². The van der Waals surface area contributed by atoms with Crippen molar-refractivity contribution < 1.29 is 18.0 Å². The van der Waals surface area contributed by atoms with Crippen molar-refractivity contribution in [2.75, 3.05) is 10.8 Å². The Kier molecular flexibility index (Phi) is 10.2. The van der Waals surface area contributed by atoms with Crippen LogP contribution in [0.5, 0.6) is 0 Å². The second kappa shape index (κ2) is 12.8. The summed E-state index contributed by atoms with van der Waals surface area (Å²) >= 11 is 18.4. The van der Waals surface area contributed by atoms with E-state index in [0.29, 0.717) is 5.02 Å². The molecule has 0 saturated heterocycles. The average Bonchev–Trinajstić information content (AvgIpc) is 2.87. The Bertz CT molecular complexity index is 1470. The average molecular weight is 625 g/mol. The Hall–Kier alpha value is -2.78. The van der Waals surface area contributed by atoms with Gasteiger partial charge in [-0.25, -0.2) is 8.42 Å². The zero-order valence-corrected chi connectivity index (χ0v) is 26.0. The van der Waals surface area contributed by atoms with Crippen LogP contribution in [0.15, 0.2) is 71.6 Å². The molecule has 0 heterocycles. The van der Waals surface area contributed by atoms with Gasteiger partial charge in [-0.15, -0.1) is 0 Å². The maximum Gasteiger partial charge on any atom is 0.264 e. The minimum Gasteiger partial charge on any atom is -0.350 e. The molecule has 0 aliphatic carbocycles. The summed E-state index contributed by atoms with van der Waals surface area (Å²) in [6, 6.07) is 16.6. The van der Waals surface area contributed by atoms with Crippen molar-refractivity contribution in [2.45, 2.75) is 57.6 Å². The molecule has 7 nitrogen and oxygen atoms in total. The van der Waals surface area contributed by atoms with E-state index in [2.05, 4.69) is 5.32 Å². The van der Waals surface area contributed by atoms with Gasteiger partial charge in [-0.3, -0.25) is 13.9 Å². The highest BCUT2D eigenvalue weighted by atomic mass is 35.5. The second-order valence-corrected chi connectivity index (χ2v) is 13.6. The van der Waals surface area contributed by atoms with Crippen LogP contribution in [-0.2, 0) is 26.2 Å². The van der Waals surface area contributed by atoms with Crippen molar-refractivity contribution >= 4 is 62.3 Å². The molecule has 0 bridgehead atoms. The van der Waals surface area contributed by atoms with Crippen molar-refractivity contribution in [3.05, 3.63) is 92.9 Å². The van der Waals surface area contributed by atoms with Crippen LogP contribution in [0, 0.1) is 6.92 Å². The molecule has 1 atom stereocenters. The molecule has 0 spiro atoms. The number of amides is 2. The van der Waals surface area contributed by atoms with Gasteiger partial charge in [0.15, 0.2) is 0 Å². The summed E-state index contributed by atoms with van der Waals surface area (Å²) < 4.78 is 28.7. The lowest BCUT2D eigenvalue weighted by Gasteiger charge is -2.33. The van der Waals surface area contributed by atoms with Gasteiger partial charge in [-0.05, 0) is 82.6 Å². The zero-order valence-electron chi connectivity index (χ0n) is 22.9. The Morgan fingerprint density at radius 3 is 2.05 bits per heavy atom. The molecule has 0 radical (unpaired) electrons. The standard InChI is InChI=1S/C29H32Cl3N3O4S/c1-19-6-13-24(14-7-19)40(38,39)35(23-12-15-25(31)26(32)16-23)18-27(36)34(17-21-8-10-22(30)11-9-21)20(2)28(37)33-29(3,4)5/h6-16,20H,17-18H2,1-5H3,(H,33,37)/t20-/m0/s1. The number of carbonyl (C=O) groups excluding carboxylic acids is 2. The molecular weight excluding hydrogens is 593 g/mol. The van der Waals surface area contributed by atoms with Crippen LogP contribution < -0.4 is 9.62 Å². The first-order chi connectivity index (χ1) is 18.6. The van der Waals surface area contributed by atoms with E-state index < -0.39 is 34.1 Å². The number of nitrogens with zero attached hydrogens (tertiary/aromatic N) is 2. The summed E-state index contributed by atoms with van der Waals surface area (Å²) in [6.45, 7) is 8.42. The van der Waals surface area contributed by atoms with Crippen molar-refractivity contribution in [1.29, 1.82) is 0 Å². The molecule has 214 valence electrons. The second-order valence-electron chi connectivity index (χ2n) is 10.5. The third-order valence-electron chi connectivity index (χ3n) is 6.01. The van der Waals surface area contributed by atoms with E-state index in [-0.39, 0.29) is 33.1 Å². The molecule has 3 aromatic carbocycles. The highest BCUT2D eigenvalue weighted by Gasteiger charge is 2.33. The van der Waals surface area contributed by atoms with E-state index in [1.165, 1.54) is 35.2 Å². The van der Waals surface area contributed by atoms with Crippen LogP contribution in [0.4, 0.5) is 5.69 Å². The van der Waals surface area contributed by atoms with Crippen molar-refractivity contribution in [2.24, 2.45) is 0 Å². The first-order valence-electron chi connectivity index (χ1n) is 12.5. The normalized spacial score (nSPS) is 12.5. The molecule has 11 heteroatoms. The van der Waals surface area contributed by atoms with Crippen LogP contribution in [0.1, 0.15) is 38.8 Å². The lowest BCUT2D eigenvalue weighted by atomic mass is 10.1. The highest BCUT2D eigenvalue weighted by Crippen LogP contribution is 2.31. The number of hydrogen-bond acceptors (Lipinski definition) is 4. The molecule has 0 aromatic heterocycles. The Morgan fingerprint density at radius 2 is 1.50 bits per heavy atom. The van der Waals surface area contributed by atoms with E-state index in [1.54, 1.807) is 43.3 Å². The fraction of sp³-hybridized carbons (Fsp3) is 0.310. The van der Waals surface area contributed by atoms with Gasteiger partial charge < -0.3 is 10.2 Å². The lowest BCUT2D eigenvalue weighted by Crippen LogP contribution is -2.54. The fourth-order valence-electron chi connectivity index (χ4n) is 3.85. The van der Waals surface area contributed by atoms with Crippen LogP contribution >= 0.6 is 34.8 Å². The Labute approximate surface area is 251 Å². The van der Waals surface area contributed by atoms with E-state index in [0.717, 1.165) is 15.4 Å². The third kappa shape index (κ3) is 8.13. The molecule has 2 amide bonds. The molecule has 0 fully saturated rings. The van der Waals surface area contributed by atoms with Crippen molar-refractivity contribution in [1.82, 2.24) is 10.2 Å². The summed E-state index contributed by atoms with van der Waals surface area (Å²) in [7, 11) is -4.22. The summed E-state index contributed by atoms with van der Waals surface area (Å²) in [4.78, 5) is 28.4. The molecule has 3 aromatic rings. The van der Waals surface area contributed by atoms with Crippen molar-refractivity contribution in [3.8, 4) is 0 Å². The van der Waals surface area contributed by atoms with Crippen molar-refractivity contribution in [3.63, 3.8) is 0 Å². The van der Waals surface area contributed by atoms with Gasteiger partial charge in [0.1, 0.15) is 12.6 Å². The van der Waals surface area contributed by atoms with Gasteiger partial charge in [0.05, 0.1) is 20.6 Å². The molecule has 1 N–H and O–H groups in total. The van der Waals surface area contributed by atoms with Gasteiger partial charge in [-0.2, -0.15) is 0 Å². The summed E-state index contributed by atoms with van der Waals surface area (Å²) in [5.74, 6) is -0.967. The van der Waals surface area contributed by atoms with Crippen LogP contribution in [0.2, 0.25) is 15.1 Å². The van der Waals surface area contributed by atoms with Crippen LogP contribution in [-0.4, -0.2) is 43.3 Å². The Morgan fingerprint density at radius 1 is 0.900 bits per heavy atom. The number of sulfonamides is 1. The smallest absolute Gasteiger partial charge is 0.264 e. The first-order valence-corrected chi connectivity index (χ1v) is 15.1. The zero-order chi connectivity index (χ0) is 29.8. The maximum absolute atomic E-state index is 13.9. The molecule has 0 aliphatic heterocycles. The molecule has 0 aliphatic rings. The quantitative estimate of drug-likeness (QED) is 0.295. The van der Waals surface area contributed by atoms with E-state index in [1.807, 2.05) is 27.7 Å². The first kappa shape index (κ1) is 31.7. The molecule has 0 unspecified atom stereocenters. The largest absolute Gasteiger partial charge is 0.350 e. The number of aryl methyl sites for hydroxylation is 1. The predicted molar refractivity (Wildman–Crippen MR) is 162 cm³/mol. The SMILES string of the molecule is Cc1ccc(S(=O)(=O)N(CC(=O)N(Cc2ccc(Cl)cc2)[C@@H](C)C(=O)NC(C)(C)C)c2ccc(Cl)c(Cl)c2)cc1. The number of nitrogens with one attached hydrogen (secondary N) is 1. The summed E-state index contributed by atoms with van der Waals surface area (Å²) in [5, 5.41) is 3.78. The van der Waals surface area contributed by atoms with Gasteiger partial charge in [-0.1, -0.05) is 64.6 Å². The molecule has 0 saturated carbocycles. The monoisotopic (exact) mass is 623 g/mol. The number of hydrogen-bond donors (Lipinski definition) is 1. The van der Waals surface area contributed by atoms with Crippen LogP contribution in [0.3, 0.4) is 0 Å². The van der Waals surface area contributed by atoms with Crippen LogP contribution in [0.25, 0.3) is 0 Å². The molecular formula is C29H32Cl3N3O4S. The van der Waals surface area contributed by atoms with E-state index in [4.69, 9.17) is 34.8 Å².